The summed E-state index contributed by atoms with van der Waals surface area (Å²) in [6, 6.07) is 0. The monoisotopic (exact) mass is 482 g/mol. The van der Waals surface area contributed by atoms with Crippen LogP contribution in [0.3, 0.4) is 0 Å². The van der Waals surface area contributed by atoms with Crippen molar-refractivity contribution >= 4 is 79.0 Å². The van der Waals surface area contributed by atoms with E-state index in [1.807, 2.05) is 0 Å². The number of ketones is 6. The number of carbonyl (C=O) groups excluding carboxylic acids is 6. The molecule has 0 fully saturated rings. The van der Waals surface area contributed by atoms with E-state index in [1.165, 1.54) is 41.5 Å². The van der Waals surface area contributed by atoms with Gasteiger partial charge in [0.05, 0.1) is 40.4 Å². The Bertz CT molecular complexity index is 1030. The summed E-state index contributed by atoms with van der Waals surface area (Å²) in [7, 11) is 2.07. The van der Waals surface area contributed by atoms with Crippen molar-refractivity contribution in [2.45, 2.75) is 51.3 Å². The molecule has 0 saturated heterocycles. The molecule has 0 aliphatic carbocycles. The van der Waals surface area contributed by atoms with Crippen LogP contribution in [0.15, 0.2) is 9.79 Å². The number of thiophene rings is 2. The summed E-state index contributed by atoms with van der Waals surface area (Å²) in [5.74, 6) is -1.97. The maximum atomic E-state index is 12.3. The molecule has 0 saturated carbocycles. The number of hydrogen-bond acceptors (Lipinski definition) is 10. The van der Waals surface area contributed by atoms with Crippen molar-refractivity contribution in [3.8, 4) is 0 Å². The van der Waals surface area contributed by atoms with Crippen molar-refractivity contribution in [3.05, 3.63) is 30.6 Å². The van der Waals surface area contributed by atoms with Crippen LogP contribution in [0.4, 0.5) is 0 Å². The second-order valence-electron chi connectivity index (χ2n) is 6.43. The predicted octanol–water partition coefficient (Wildman–Crippen LogP) is 5.82. The number of Topliss-reactive ketones (excluding diaryl/α,β-unsaturated/α-hetero) is 6. The molecule has 0 amide bonds. The van der Waals surface area contributed by atoms with Crippen molar-refractivity contribution in [2.75, 3.05) is 0 Å². The summed E-state index contributed by atoms with van der Waals surface area (Å²) < 4.78 is 0. The van der Waals surface area contributed by atoms with E-state index in [-0.39, 0.29) is 65.3 Å². The van der Waals surface area contributed by atoms with Crippen LogP contribution in [0, 0.1) is 0 Å². The normalized spacial score (nSPS) is 10.7. The van der Waals surface area contributed by atoms with E-state index in [0.29, 0.717) is 9.79 Å². The molecule has 30 heavy (non-hydrogen) atoms. The van der Waals surface area contributed by atoms with Gasteiger partial charge in [0.1, 0.15) is 0 Å². The average molecular weight is 483 g/mol. The third kappa shape index (κ3) is 4.72. The van der Waals surface area contributed by atoms with Crippen molar-refractivity contribution in [1.82, 2.24) is 0 Å². The molecule has 0 bridgehead atoms. The maximum Gasteiger partial charge on any atom is 0.170 e. The Morgan fingerprint density at radius 3 is 0.933 bits per heavy atom. The molecule has 0 aliphatic rings. The molecule has 0 N–H and O–H groups in total. The van der Waals surface area contributed by atoms with Gasteiger partial charge in [0.2, 0.25) is 0 Å². The Morgan fingerprint density at radius 1 is 0.467 bits per heavy atom. The van der Waals surface area contributed by atoms with Crippen LogP contribution in [0.1, 0.15) is 101 Å². The maximum absolute atomic E-state index is 12.3. The van der Waals surface area contributed by atoms with E-state index in [1.54, 1.807) is 0 Å². The largest absolute Gasteiger partial charge is 0.294 e. The van der Waals surface area contributed by atoms with Crippen LogP contribution in [0.2, 0.25) is 0 Å². The molecule has 0 aliphatic heterocycles. The van der Waals surface area contributed by atoms with E-state index in [2.05, 4.69) is 0 Å². The highest BCUT2D eigenvalue weighted by Gasteiger charge is 2.30. The Balaban J connectivity index is 2.67. The number of hydrogen-bond donors (Lipinski definition) is 0. The van der Waals surface area contributed by atoms with Crippen LogP contribution in [-0.4, -0.2) is 34.7 Å². The molecular weight excluding hydrogens is 464 g/mol. The van der Waals surface area contributed by atoms with Crippen molar-refractivity contribution in [3.63, 3.8) is 0 Å². The van der Waals surface area contributed by atoms with Gasteiger partial charge in [0.25, 0.3) is 0 Å². The van der Waals surface area contributed by atoms with Gasteiger partial charge in [-0.25, -0.2) is 0 Å². The lowest BCUT2D eigenvalue weighted by Gasteiger charge is -2.07. The topological polar surface area (TPSA) is 102 Å². The first kappa shape index (κ1) is 24.4. The van der Waals surface area contributed by atoms with Crippen molar-refractivity contribution < 1.29 is 28.8 Å². The summed E-state index contributed by atoms with van der Waals surface area (Å²) in [6.45, 7) is 7.96. The molecule has 0 radical (unpaired) electrons. The van der Waals surface area contributed by atoms with Gasteiger partial charge in [-0.15, -0.1) is 22.7 Å². The molecule has 0 aromatic carbocycles. The SMILES string of the molecule is CC(=O)c1sc(C(C)=O)c(C(C)=O)c1SSc1c(C(C)=O)sc(C(C)=O)c1C(C)=O. The molecule has 6 nitrogen and oxygen atoms in total. The minimum atomic E-state index is -0.361. The average Bonchev–Trinajstić information content (AvgIpc) is 3.18. The minimum absolute atomic E-state index is 0.158. The van der Waals surface area contributed by atoms with Gasteiger partial charge in [0, 0.05) is 0 Å². The van der Waals surface area contributed by atoms with Gasteiger partial charge in [-0.2, -0.15) is 0 Å². The number of carbonyl (C=O) groups is 6. The third-order valence-electron chi connectivity index (χ3n) is 3.92. The van der Waals surface area contributed by atoms with Crippen molar-refractivity contribution in [2.24, 2.45) is 0 Å². The first-order chi connectivity index (χ1) is 13.9. The summed E-state index contributed by atoms with van der Waals surface area (Å²) in [5.41, 5.74) is 0.317. The van der Waals surface area contributed by atoms with Crippen LogP contribution >= 0.6 is 44.3 Å². The Morgan fingerprint density at radius 2 is 0.733 bits per heavy atom. The van der Waals surface area contributed by atoms with Gasteiger partial charge in [0.15, 0.2) is 34.7 Å². The molecule has 0 unspecified atom stereocenters. The first-order valence-corrected chi connectivity index (χ1v) is 12.4. The second-order valence-corrected chi connectivity index (χ2v) is 10.6. The van der Waals surface area contributed by atoms with E-state index in [9.17, 15) is 28.8 Å². The zero-order valence-corrected chi connectivity index (χ0v) is 20.3. The van der Waals surface area contributed by atoms with Crippen LogP contribution < -0.4 is 0 Å². The lowest BCUT2D eigenvalue weighted by Crippen LogP contribution is -2.02. The Hall–Kier alpha value is -1.88. The van der Waals surface area contributed by atoms with Crippen LogP contribution in [0.25, 0.3) is 0 Å². The van der Waals surface area contributed by atoms with Crippen LogP contribution in [0.5, 0.6) is 0 Å². The molecule has 0 spiro atoms. The highest BCUT2D eigenvalue weighted by atomic mass is 33.1. The van der Waals surface area contributed by atoms with Gasteiger partial charge in [-0.1, -0.05) is 21.6 Å². The standard InChI is InChI=1S/C20H18O6S4/c1-7(21)13-15(9(3)23)27-17(11(5)25)19(13)29-30-20-14(8(2)22)16(10(4)24)28-18(20)12(6)26/h1-6H3. The Kier molecular flexibility index (Phi) is 7.73. The quantitative estimate of drug-likeness (QED) is 0.325. The lowest BCUT2D eigenvalue weighted by molar-refractivity contribution is 0.0981. The van der Waals surface area contributed by atoms with E-state index >= 15 is 0 Å². The summed E-state index contributed by atoms with van der Waals surface area (Å²) >= 11 is 1.91. The zero-order chi connectivity index (χ0) is 22.9. The zero-order valence-electron chi connectivity index (χ0n) is 17.1. The van der Waals surface area contributed by atoms with E-state index in [4.69, 9.17) is 0 Å². The fourth-order valence-electron chi connectivity index (χ4n) is 2.67. The third-order valence-corrected chi connectivity index (χ3v) is 9.44. The molecule has 10 heteroatoms. The van der Waals surface area contributed by atoms with Gasteiger partial charge in [-0.05, 0) is 41.5 Å². The van der Waals surface area contributed by atoms with E-state index in [0.717, 1.165) is 44.3 Å². The molecule has 158 valence electrons. The fourth-order valence-corrected chi connectivity index (χ4v) is 8.45. The lowest BCUT2D eigenvalue weighted by atomic mass is 10.1. The van der Waals surface area contributed by atoms with E-state index < -0.39 is 0 Å². The molecule has 2 rings (SSSR count). The Labute approximate surface area is 189 Å². The highest BCUT2D eigenvalue weighted by Crippen LogP contribution is 2.49. The predicted molar refractivity (Wildman–Crippen MR) is 120 cm³/mol. The summed E-state index contributed by atoms with van der Waals surface area (Å²) in [5, 5.41) is 0. The van der Waals surface area contributed by atoms with Crippen molar-refractivity contribution in [1.29, 1.82) is 0 Å². The molecule has 2 heterocycles. The highest BCUT2D eigenvalue weighted by molar-refractivity contribution is 8.76. The molecule has 2 aromatic rings. The second kappa shape index (κ2) is 9.51. The molecule has 2 aromatic heterocycles. The van der Waals surface area contributed by atoms with Gasteiger partial charge in [-0.3, -0.25) is 28.8 Å². The smallest absolute Gasteiger partial charge is 0.170 e. The molecular formula is C20H18O6S4. The first-order valence-electron chi connectivity index (χ1n) is 8.62. The van der Waals surface area contributed by atoms with Gasteiger partial charge < -0.3 is 0 Å². The molecule has 0 atom stereocenters. The van der Waals surface area contributed by atoms with Crippen LogP contribution in [-0.2, 0) is 0 Å². The minimum Gasteiger partial charge on any atom is -0.294 e. The van der Waals surface area contributed by atoms with Gasteiger partial charge >= 0.3 is 0 Å². The number of rotatable bonds is 9. The fraction of sp³-hybridized carbons (Fsp3) is 0.300. The summed E-state index contributed by atoms with van der Waals surface area (Å²) in [4.78, 5) is 74.4. The summed E-state index contributed by atoms with van der Waals surface area (Å²) in [6.07, 6.45) is 0.